The molecule has 19 heavy (non-hydrogen) atoms. The number of nitrogens with zero attached hydrogens (tertiary/aromatic N) is 1. The Labute approximate surface area is 123 Å². The first-order chi connectivity index (χ1) is 8.76. The summed E-state index contributed by atoms with van der Waals surface area (Å²) in [6, 6.07) is 0.229. The topological polar surface area (TPSA) is 102 Å². The number of hydrogen-bond acceptors (Lipinski definition) is 3. The van der Waals surface area contributed by atoms with E-state index in [2.05, 4.69) is 23.5 Å². The number of aliphatic carboxylic acids is 1. The maximum absolute atomic E-state index is 11.1. The van der Waals surface area contributed by atoms with Crippen molar-refractivity contribution in [1.82, 2.24) is 9.62 Å². The summed E-state index contributed by atoms with van der Waals surface area (Å²) in [7, 11) is -0.0421. The average molecular weight is 329 g/mol. The molecule has 0 saturated carbocycles. The van der Waals surface area contributed by atoms with Crippen LogP contribution in [0, 0.1) is 5.41 Å². The minimum Gasteiger partial charge on any atom is -0.481 e. The van der Waals surface area contributed by atoms with E-state index in [9.17, 15) is 4.79 Å². The first kappa shape index (κ1) is 16.8. The number of carbonyl (C=O) groups is 1. The van der Waals surface area contributed by atoms with Gasteiger partial charge in [-0.15, -0.1) is 19.5 Å². The first-order valence-electron chi connectivity index (χ1n) is 6.14. The molecular formula is C10H24N4O2S3. The Bertz CT molecular complexity index is 414. The number of thiol groups is 3. The zero-order chi connectivity index (χ0) is 14.6. The minimum atomic E-state index is -1.38. The summed E-state index contributed by atoms with van der Waals surface area (Å²) >= 11 is 4.77. The van der Waals surface area contributed by atoms with E-state index in [1.54, 1.807) is 0 Å². The molecule has 0 bridgehead atoms. The number of carboxylic acid groups (broad SMARTS) is 1. The van der Waals surface area contributed by atoms with Crippen LogP contribution >= 0.6 is 11.7 Å². The van der Waals surface area contributed by atoms with Crippen molar-refractivity contribution in [1.29, 1.82) is 5.41 Å². The molecule has 0 aliphatic carbocycles. The Morgan fingerprint density at radius 1 is 1.68 bits per heavy atom. The first-order valence-corrected chi connectivity index (χ1v) is 11.0. The molecule has 1 heterocycles. The Kier molecular flexibility index (Phi) is 6.15. The Hall–Kier alpha value is -0.250. The summed E-state index contributed by atoms with van der Waals surface area (Å²) < 4.78 is 2.29. The third-order valence-corrected chi connectivity index (χ3v) is 11.1. The molecule has 1 atom stereocenters. The van der Waals surface area contributed by atoms with Crippen molar-refractivity contribution < 1.29 is 9.90 Å². The molecule has 5 N–H and O–H groups in total. The second-order valence-corrected chi connectivity index (χ2v) is 13.9. The SMILES string of the molecule is CC(C)N(C(CCNC(=N)N)CC(=O)O)[SH]1(S)=[SH]C1. The fourth-order valence-corrected chi connectivity index (χ4v) is 9.90. The quantitative estimate of drug-likeness (QED) is 0.144. The van der Waals surface area contributed by atoms with Crippen LogP contribution in [0.25, 0.3) is 0 Å². The van der Waals surface area contributed by atoms with Crippen LogP contribution in [0.2, 0.25) is 0 Å². The van der Waals surface area contributed by atoms with Crippen molar-refractivity contribution in [2.45, 2.75) is 38.8 Å². The van der Waals surface area contributed by atoms with Gasteiger partial charge in [-0.2, -0.15) is 10.3 Å². The van der Waals surface area contributed by atoms with Crippen molar-refractivity contribution >= 4 is 41.7 Å². The second-order valence-electron chi connectivity index (χ2n) is 4.83. The third kappa shape index (κ3) is 5.33. The number of nitrogens with one attached hydrogen (secondary N) is 2. The van der Waals surface area contributed by atoms with Gasteiger partial charge in [0, 0.05) is 23.7 Å². The van der Waals surface area contributed by atoms with Gasteiger partial charge in [-0.05, 0) is 20.3 Å². The third-order valence-electron chi connectivity index (χ3n) is 2.87. The zero-order valence-electron chi connectivity index (χ0n) is 11.2. The molecule has 0 amide bonds. The predicted molar refractivity (Wildman–Crippen MR) is 88.9 cm³/mol. The van der Waals surface area contributed by atoms with Gasteiger partial charge in [0.25, 0.3) is 0 Å². The highest BCUT2D eigenvalue weighted by Crippen LogP contribution is 2.35. The van der Waals surface area contributed by atoms with Crippen molar-refractivity contribution in [3.05, 3.63) is 0 Å². The lowest BCUT2D eigenvalue weighted by Gasteiger charge is -2.39. The van der Waals surface area contributed by atoms with E-state index >= 15 is 0 Å². The molecule has 0 fully saturated rings. The number of nitrogens with two attached hydrogens (primary N) is 1. The maximum Gasteiger partial charge on any atom is 0.304 e. The monoisotopic (exact) mass is 328 g/mol. The Morgan fingerprint density at radius 3 is 2.63 bits per heavy atom. The van der Waals surface area contributed by atoms with Gasteiger partial charge in [-0.3, -0.25) is 14.5 Å². The zero-order valence-corrected chi connectivity index (χ0v) is 13.9. The van der Waals surface area contributed by atoms with Gasteiger partial charge < -0.3 is 16.2 Å². The summed E-state index contributed by atoms with van der Waals surface area (Å²) in [5, 5.41) is 20.0. The molecule has 0 saturated heterocycles. The van der Waals surface area contributed by atoms with Gasteiger partial charge in [0.05, 0.1) is 6.42 Å². The fraction of sp³-hybridized carbons (Fsp3) is 0.800. The lowest BCUT2D eigenvalue weighted by molar-refractivity contribution is -0.138. The molecule has 6 nitrogen and oxygen atoms in total. The van der Waals surface area contributed by atoms with Gasteiger partial charge in [0.15, 0.2) is 5.96 Å². The van der Waals surface area contributed by atoms with Gasteiger partial charge >= 0.3 is 5.97 Å². The molecule has 1 unspecified atom stereocenters. The van der Waals surface area contributed by atoms with Crippen LogP contribution in [0.4, 0.5) is 0 Å². The molecule has 9 heteroatoms. The molecule has 0 aromatic rings. The Morgan fingerprint density at radius 2 is 2.26 bits per heavy atom. The smallest absolute Gasteiger partial charge is 0.304 e. The maximum atomic E-state index is 11.1. The summed E-state index contributed by atoms with van der Waals surface area (Å²) in [6.07, 6.45) is 0.761. The van der Waals surface area contributed by atoms with Gasteiger partial charge in [0.1, 0.15) is 0 Å². The summed E-state index contributed by atoms with van der Waals surface area (Å²) in [4.78, 5) is 11.1. The fourth-order valence-electron chi connectivity index (χ4n) is 2.16. The van der Waals surface area contributed by atoms with Gasteiger partial charge in [0.2, 0.25) is 0 Å². The highest BCUT2D eigenvalue weighted by molar-refractivity contribution is 8.95. The van der Waals surface area contributed by atoms with Crippen LogP contribution < -0.4 is 11.1 Å². The highest BCUT2D eigenvalue weighted by Gasteiger charge is 2.34. The van der Waals surface area contributed by atoms with Crippen LogP contribution in [-0.4, -0.2) is 45.1 Å². The average Bonchev–Trinajstić information content (AvgIpc) is 2.94. The van der Waals surface area contributed by atoms with Crippen LogP contribution in [0.3, 0.4) is 0 Å². The van der Waals surface area contributed by atoms with Crippen molar-refractivity contribution in [2.24, 2.45) is 5.73 Å². The van der Waals surface area contributed by atoms with E-state index in [0.717, 1.165) is 5.08 Å². The van der Waals surface area contributed by atoms with Crippen molar-refractivity contribution in [2.75, 3.05) is 11.6 Å². The number of hydrogen-bond donors (Lipinski definition) is 7. The number of carboxylic acids is 1. The molecule has 0 spiro atoms. The van der Waals surface area contributed by atoms with Crippen LogP contribution in [0.5, 0.6) is 0 Å². The van der Waals surface area contributed by atoms with Crippen LogP contribution in [0.1, 0.15) is 26.7 Å². The van der Waals surface area contributed by atoms with Crippen LogP contribution in [0.15, 0.2) is 0 Å². The van der Waals surface area contributed by atoms with Gasteiger partial charge in [-0.25, -0.2) is 0 Å². The molecule has 0 aromatic heterocycles. The normalized spacial score (nSPS) is 20.1. The van der Waals surface area contributed by atoms with Gasteiger partial charge in [-0.1, -0.05) is 0 Å². The van der Waals surface area contributed by atoms with Crippen molar-refractivity contribution in [3.8, 4) is 0 Å². The lowest BCUT2D eigenvalue weighted by atomic mass is 10.1. The second kappa shape index (κ2) is 6.96. The molecule has 0 radical (unpaired) electrons. The summed E-state index contributed by atoms with van der Waals surface area (Å²) in [6.45, 7) is 4.68. The number of guanidine groups is 1. The highest BCUT2D eigenvalue weighted by atomic mass is 33.4. The van der Waals surface area contributed by atoms with E-state index in [-0.39, 0.29) is 24.5 Å². The predicted octanol–water partition coefficient (Wildman–Crippen LogP) is -0.240. The summed E-state index contributed by atoms with van der Waals surface area (Å²) in [5.74, 6) is -0.873. The van der Waals surface area contributed by atoms with E-state index in [1.807, 2.05) is 0 Å². The van der Waals surface area contributed by atoms with Crippen LogP contribution in [-0.2, 0) is 22.9 Å². The minimum absolute atomic E-state index is 0.0508. The molecule has 114 valence electrons. The molecule has 1 aliphatic heterocycles. The largest absolute Gasteiger partial charge is 0.481 e. The molecular weight excluding hydrogens is 304 g/mol. The lowest BCUT2D eigenvalue weighted by Crippen LogP contribution is -2.45. The van der Waals surface area contributed by atoms with E-state index < -0.39 is 13.8 Å². The molecule has 1 rings (SSSR count). The van der Waals surface area contributed by atoms with E-state index in [0.29, 0.717) is 13.0 Å². The molecule has 0 aromatic carbocycles. The van der Waals surface area contributed by atoms with Crippen molar-refractivity contribution in [3.63, 3.8) is 0 Å². The standard InChI is InChI=1S/C10H24N4O2S3/c1-7(2)14(19(17)6-18-19)8(5-9(15)16)3-4-13-10(11)12/h7-8,17-19H,3-6H2,1-2H3,(H,15,16)(H4,11,12,13). The summed E-state index contributed by atoms with van der Waals surface area (Å²) in [5.41, 5.74) is 5.25. The van der Waals surface area contributed by atoms with E-state index in [1.165, 1.54) is 10.3 Å². The Balaban J connectivity index is 2.73. The molecule has 1 aliphatic rings. The van der Waals surface area contributed by atoms with E-state index in [4.69, 9.17) is 27.9 Å². The number of rotatable bonds is 8.